The summed E-state index contributed by atoms with van der Waals surface area (Å²) in [6.45, 7) is 4.48. The van der Waals surface area contributed by atoms with E-state index in [0.29, 0.717) is 5.92 Å². The van der Waals surface area contributed by atoms with Gasteiger partial charge in [-0.15, -0.1) is 0 Å². The quantitative estimate of drug-likeness (QED) is 0.806. The average Bonchev–Trinajstić information content (AvgIpc) is 2.69. The number of aryl methyl sites for hydroxylation is 1. The molecule has 0 atom stereocenters. The van der Waals surface area contributed by atoms with Gasteiger partial charge in [0.2, 0.25) is 0 Å². The monoisotopic (exact) mass is 307 g/mol. The number of hydrogen-bond donors (Lipinski definition) is 0. The van der Waals surface area contributed by atoms with Crippen LogP contribution in [0.1, 0.15) is 30.1 Å². The van der Waals surface area contributed by atoms with E-state index in [2.05, 4.69) is 57.5 Å². The summed E-state index contributed by atoms with van der Waals surface area (Å²) in [6, 6.07) is 4.25. The molecule has 0 bridgehead atoms. The van der Waals surface area contributed by atoms with Crippen molar-refractivity contribution < 1.29 is 0 Å². The second-order valence-corrected chi connectivity index (χ2v) is 6.00. The minimum Gasteiger partial charge on any atom is -0.306 e. The van der Waals surface area contributed by atoms with Crippen molar-refractivity contribution in [3.05, 3.63) is 34.3 Å². The molecule has 0 aliphatic carbocycles. The number of aromatic nitrogens is 2. The van der Waals surface area contributed by atoms with Gasteiger partial charge in [0.25, 0.3) is 0 Å². The molecule has 96 valence electrons. The molecule has 3 nitrogen and oxygen atoms in total. The van der Waals surface area contributed by atoms with Gasteiger partial charge in [0.1, 0.15) is 10.4 Å². The molecule has 0 N–H and O–H groups in total. The minimum atomic E-state index is 0.585. The van der Waals surface area contributed by atoms with Crippen molar-refractivity contribution >= 4 is 21.4 Å². The van der Waals surface area contributed by atoms with Crippen LogP contribution < -0.4 is 0 Å². The number of pyridine rings is 1. The molecule has 2 aromatic heterocycles. The van der Waals surface area contributed by atoms with Crippen LogP contribution in [0.3, 0.4) is 0 Å². The van der Waals surface area contributed by atoms with Crippen LogP contribution in [0.5, 0.6) is 0 Å². The molecule has 3 heterocycles. The summed E-state index contributed by atoms with van der Waals surface area (Å²) in [5, 5.41) is 0. The molecule has 0 aromatic carbocycles. The fourth-order valence-corrected chi connectivity index (χ4v) is 3.52. The normalized spacial score (nSPS) is 18.6. The molecular weight excluding hydrogens is 290 g/mol. The van der Waals surface area contributed by atoms with Crippen molar-refractivity contribution in [3.8, 4) is 0 Å². The maximum absolute atomic E-state index is 4.76. The van der Waals surface area contributed by atoms with Crippen molar-refractivity contribution in [3.63, 3.8) is 0 Å². The van der Waals surface area contributed by atoms with Gasteiger partial charge < -0.3 is 9.30 Å². The molecule has 0 amide bonds. The van der Waals surface area contributed by atoms with Crippen LogP contribution in [-0.4, -0.2) is 34.4 Å². The van der Waals surface area contributed by atoms with Crippen molar-refractivity contribution in [2.45, 2.75) is 25.7 Å². The Morgan fingerprint density at radius 2 is 2.06 bits per heavy atom. The number of fused-ring (bicyclic) bond motifs is 1. The molecule has 1 saturated heterocycles. The molecule has 0 unspecified atom stereocenters. The summed E-state index contributed by atoms with van der Waals surface area (Å²) in [5.41, 5.74) is 2.49. The Morgan fingerprint density at radius 3 is 2.78 bits per heavy atom. The van der Waals surface area contributed by atoms with E-state index in [-0.39, 0.29) is 0 Å². The van der Waals surface area contributed by atoms with Gasteiger partial charge in [-0.3, -0.25) is 0 Å². The second-order valence-electron chi connectivity index (χ2n) is 5.25. The number of likely N-dealkylation sites (tertiary alicyclic amines) is 1. The topological polar surface area (TPSA) is 20.5 Å². The Kier molecular flexibility index (Phi) is 3.16. The molecule has 1 fully saturated rings. The number of hydrogen-bond acceptors (Lipinski definition) is 2. The maximum Gasteiger partial charge on any atom is 0.132 e. The summed E-state index contributed by atoms with van der Waals surface area (Å²) in [5.74, 6) is 1.80. The van der Waals surface area contributed by atoms with E-state index >= 15 is 0 Å². The lowest BCUT2D eigenvalue weighted by Crippen LogP contribution is -2.29. The number of piperidine rings is 1. The zero-order valence-corrected chi connectivity index (χ0v) is 12.4. The lowest BCUT2D eigenvalue weighted by Gasteiger charge is -2.28. The third-order valence-electron chi connectivity index (χ3n) is 3.93. The number of imidazole rings is 1. The summed E-state index contributed by atoms with van der Waals surface area (Å²) >= 11 is 3.60. The zero-order valence-electron chi connectivity index (χ0n) is 10.9. The van der Waals surface area contributed by atoms with Crippen LogP contribution in [0.4, 0.5) is 0 Å². The lowest BCUT2D eigenvalue weighted by molar-refractivity contribution is 0.251. The molecule has 1 aliphatic heterocycles. The second kappa shape index (κ2) is 4.67. The maximum atomic E-state index is 4.76. The molecule has 1 aliphatic rings. The standard InChI is InChI=1S/C14H18BrN3/c1-10-4-3-7-18-12(10)13(15)16-14(18)11-5-8-17(2)9-6-11/h3-4,7,11H,5-6,8-9H2,1-2H3. The minimum absolute atomic E-state index is 0.585. The van der Waals surface area contributed by atoms with Gasteiger partial charge in [-0.2, -0.15) is 0 Å². The van der Waals surface area contributed by atoms with E-state index in [1.54, 1.807) is 0 Å². The molecule has 0 spiro atoms. The number of rotatable bonds is 1. The first kappa shape index (κ1) is 12.2. The zero-order chi connectivity index (χ0) is 12.7. The third kappa shape index (κ3) is 1.97. The lowest BCUT2D eigenvalue weighted by atomic mass is 9.96. The van der Waals surface area contributed by atoms with E-state index in [9.17, 15) is 0 Å². The van der Waals surface area contributed by atoms with Gasteiger partial charge in [-0.1, -0.05) is 6.07 Å². The van der Waals surface area contributed by atoms with E-state index < -0.39 is 0 Å². The van der Waals surface area contributed by atoms with Gasteiger partial charge >= 0.3 is 0 Å². The predicted octanol–water partition coefficient (Wildman–Crippen LogP) is 3.21. The van der Waals surface area contributed by atoms with E-state index in [0.717, 1.165) is 4.60 Å². The molecule has 2 aromatic rings. The van der Waals surface area contributed by atoms with Crippen LogP contribution in [0, 0.1) is 6.92 Å². The van der Waals surface area contributed by atoms with E-state index in [1.165, 1.54) is 42.8 Å². The summed E-state index contributed by atoms with van der Waals surface area (Å²) in [4.78, 5) is 7.16. The molecule has 3 rings (SSSR count). The van der Waals surface area contributed by atoms with Crippen molar-refractivity contribution in [1.82, 2.24) is 14.3 Å². The van der Waals surface area contributed by atoms with Crippen molar-refractivity contribution in [2.75, 3.05) is 20.1 Å². The Hall–Kier alpha value is -0.870. The number of halogens is 1. The van der Waals surface area contributed by atoms with Gasteiger partial charge in [0, 0.05) is 12.1 Å². The smallest absolute Gasteiger partial charge is 0.132 e. The first-order chi connectivity index (χ1) is 8.66. The van der Waals surface area contributed by atoms with Crippen molar-refractivity contribution in [1.29, 1.82) is 0 Å². The van der Waals surface area contributed by atoms with Crippen LogP contribution >= 0.6 is 15.9 Å². The molecular formula is C14H18BrN3. The molecule has 18 heavy (non-hydrogen) atoms. The largest absolute Gasteiger partial charge is 0.306 e. The van der Waals surface area contributed by atoms with Gasteiger partial charge in [0.15, 0.2) is 0 Å². The first-order valence-electron chi connectivity index (χ1n) is 6.48. The summed E-state index contributed by atoms with van der Waals surface area (Å²) < 4.78 is 3.24. The van der Waals surface area contributed by atoms with Gasteiger partial charge in [0.05, 0.1) is 5.52 Å². The molecule has 0 radical (unpaired) electrons. The Bertz CT molecular complexity index is 568. The van der Waals surface area contributed by atoms with E-state index in [4.69, 9.17) is 4.98 Å². The van der Waals surface area contributed by atoms with Gasteiger partial charge in [-0.25, -0.2) is 4.98 Å². The first-order valence-corrected chi connectivity index (χ1v) is 7.27. The average molecular weight is 308 g/mol. The Balaban J connectivity index is 2.05. The third-order valence-corrected chi connectivity index (χ3v) is 4.49. The summed E-state index contributed by atoms with van der Waals surface area (Å²) in [7, 11) is 2.19. The fourth-order valence-electron chi connectivity index (χ4n) is 2.83. The highest BCUT2D eigenvalue weighted by molar-refractivity contribution is 9.10. The fraction of sp³-hybridized carbons (Fsp3) is 0.500. The van der Waals surface area contributed by atoms with Crippen LogP contribution in [0.25, 0.3) is 5.52 Å². The summed E-state index contributed by atoms with van der Waals surface area (Å²) in [6.07, 6.45) is 4.54. The van der Waals surface area contributed by atoms with Crippen LogP contribution in [0.15, 0.2) is 22.9 Å². The SMILES string of the molecule is Cc1cccn2c(C3CCN(C)CC3)nc(Br)c12. The van der Waals surface area contributed by atoms with Crippen LogP contribution in [-0.2, 0) is 0 Å². The van der Waals surface area contributed by atoms with Gasteiger partial charge in [-0.05, 0) is 67.5 Å². The Labute approximate surface area is 116 Å². The van der Waals surface area contributed by atoms with Crippen molar-refractivity contribution in [2.24, 2.45) is 0 Å². The Morgan fingerprint density at radius 1 is 1.33 bits per heavy atom. The highest BCUT2D eigenvalue weighted by atomic mass is 79.9. The van der Waals surface area contributed by atoms with E-state index in [1.807, 2.05) is 0 Å². The highest BCUT2D eigenvalue weighted by Crippen LogP contribution is 2.31. The molecule has 4 heteroatoms. The predicted molar refractivity (Wildman–Crippen MR) is 77.1 cm³/mol. The number of nitrogens with zero attached hydrogens (tertiary/aromatic N) is 3. The molecule has 0 saturated carbocycles. The van der Waals surface area contributed by atoms with Crippen LogP contribution in [0.2, 0.25) is 0 Å². The highest BCUT2D eigenvalue weighted by Gasteiger charge is 2.23.